The van der Waals surface area contributed by atoms with Gasteiger partial charge in [-0.05, 0) is 37.1 Å². The summed E-state index contributed by atoms with van der Waals surface area (Å²) in [7, 11) is 0. The molecule has 0 bridgehead atoms. The lowest BCUT2D eigenvalue weighted by molar-refractivity contribution is -0.141. The summed E-state index contributed by atoms with van der Waals surface area (Å²) in [5.74, 6) is 0.925. The van der Waals surface area contributed by atoms with Crippen LogP contribution in [0.1, 0.15) is 17.5 Å². The fourth-order valence-corrected chi connectivity index (χ4v) is 2.98. The lowest BCUT2D eigenvalue weighted by atomic mass is 10.2. The highest BCUT2D eigenvalue weighted by Gasteiger charge is 2.18. The molecule has 1 aromatic rings. The number of amides is 1. The van der Waals surface area contributed by atoms with Crippen molar-refractivity contribution >= 4 is 39.6 Å². The van der Waals surface area contributed by atoms with Crippen LogP contribution < -0.4 is 5.32 Å². The van der Waals surface area contributed by atoms with Gasteiger partial charge in [-0.2, -0.15) is 0 Å². The first-order valence-corrected chi connectivity index (χ1v) is 7.98. The molecule has 1 amide bonds. The van der Waals surface area contributed by atoms with Gasteiger partial charge in [0.2, 0.25) is 5.91 Å². The van der Waals surface area contributed by atoms with E-state index in [4.69, 9.17) is 11.5 Å². The van der Waals surface area contributed by atoms with Gasteiger partial charge < -0.3 is 10.4 Å². The number of halogens is 1. The number of hydrogen-bond donors (Lipinski definition) is 2. The molecule has 1 rings (SSSR count). The summed E-state index contributed by atoms with van der Waals surface area (Å²) in [6.07, 6.45) is 5.06. The quantitative estimate of drug-likeness (QED) is 0.597. The highest BCUT2D eigenvalue weighted by atomic mass is 79.9. The maximum absolute atomic E-state index is 11.8. The van der Waals surface area contributed by atoms with E-state index in [0.29, 0.717) is 0 Å². The fourth-order valence-electron chi connectivity index (χ4n) is 1.61. The summed E-state index contributed by atoms with van der Waals surface area (Å²) in [4.78, 5) is 23.7. The summed E-state index contributed by atoms with van der Waals surface area (Å²) in [6.45, 7) is 3.93. The molecule has 0 fully saturated rings. The average Bonchev–Trinajstić information content (AvgIpc) is 2.40. The van der Waals surface area contributed by atoms with Crippen LogP contribution in [0.2, 0.25) is 0 Å². The van der Waals surface area contributed by atoms with Gasteiger partial charge in [0.15, 0.2) is 0 Å². The monoisotopic (exact) mass is 369 g/mol. The van der Waals surface area contributed by atoms with E-state index < -0.39 is 12.0 Å². The molecular formula is C15H16BrNO3S. The maximum atomic E-state index is 11.8. The van der Waals surface area contributed by atoms with Gasteiger partial charge in [0.05, 0.1) is 5.75 Å². The Morgan fingerprint density at radius 1 is 1.43 bits per heavy atom. The van der Waals surface area contributed by atoms with Gasteiger partial charge in [-0.25, -0.2) is 4.79 Å². The topological polar surface area (TPSA) is 66.4 Å². The number of carbonyl (C=O) groups excluding carboxylic acids is 1. The molecule has 0 aliphatic rings. The number of benzene rings is 1. The van der Waals surface area contributed by atoms with Crippen LogP contribution in [0.5, 0.6) is 0 Å². The highest BCUT2D eigenvalue weighted by molar-refractivity contribution is 9.10. The number of carboxylic acid groups (broad SMARTS) is 1. The van der Waals surface area contributed by atoms with Crippen LogP contribution in [0, 0.1) is 26.2 Å². The van der Waals surface area contributed by atoms with E-state index in [2.05, 4.69) is 27.2 Å². The third-order valence-corrected chi connectivity index (χ3v) is 4.78. The van der Waals surface area contributed by atoms with Gasteiger partial charge in [-0.15, -0.1) is 24.1 Å². The van der Waals surface area contributed by atoms with E-state index in [1.54, 1.807) is 0 Å². The number of hydrogen-bond acceptors (Lipinski definition) is 3. The standard InChI is InChI=1S/C15H16BrNO3S/c1-4-5-12(15(19)20)17-14(18)8-21-13-7-9(2)11(16)6-10(13)3/h1,6-7,12H,5,8H2,2-3H3,(H,17,18)(H,19,20). The molecule has 0 saturated carbocycles. The first-order valence-electron chi connectivity index (χ1n) is 6.20. The van der Waals surface area contributed by atoms with Crippen LogP contribution in [0.4, 0.5) is 0 Å². The molecule has 1 unspecified atom stereocenters. The van der Waals surface area contributed by atoms with E-state index in [9.17, 15) is 9.59 Å². The molecule has 21 heavy (non-hydrogen) atoms. The number of terminal acetylenes is 1. The predicted octanol–water partition coefficient (Wildman–Crippen LogP) is 2.75. The molecular weight excluding hydrogens is 354 g/mol. The minimum absolute atomic E-state index is 0.0256. The van der Waals surface area contributed by atoms with Gasteiger partial charge in [-0.1, -0.05) is 15.9 Å². The number of aryl methyl sites for hydroxylation is 2. The second kappa shape index (κ2) is 8.11. The van der Waals surface area contributed by atoms with Crippen molar-refractivity contribution in [2.24, 2.45) is 0 Å². The SMILES string of the molecule is C#CCC(NC(=O)CSc1cc(C)c(Br)cc1C)C(=O)O. The van der Waals surface area contributed by atoms with Gasteiger partial charge >= 0.3 is 5.97 Å². The largest absolute Gasteiger partial charge is 0.480 e. The lowest BCUT2D eigenvalue weighted by Crippen LogP contribution is -2.41. The van der Waals surface area contributed by atoms with Crippen LogP contribution in [0.15, 0.2) is 21.5 Å². The van der Waals surface area contributed by atoms with Crippen LogP contribution >= 0.6 is 27.7 Å². The molecule has 0 spiro atoms. The number of carbonyl (C=O) groups is 2. The van der Waals surface area contributed by atoms with E-state index in [1.165, 1.54) is 11.8 Å². The molecule has 0 radical (unpaired) electrons. The Kier molecular flexibility index (Phi) is 6.79. The molecule has 2 N–H and O–H groups in total. The molecule has 1 atom stereocenters. The smallest absolute Gasteiger partial charge is 0.327 e. The summed E-state index contributed by atoms with van der Waals surface area (Å²) >= 11 is 4.83. The summed E-state index contributed by atoms with van der Waals surface area (Å²) < 4.78 is 1.02. The van der Waals surface area contributed by atoms with Crippen molar-refractivity contribution in [3.05, 3.63) is 27.7 Å². The van der Waals surface area contributed by atoms with Crippen molar-refractivity contribution in [1.82, 2.24) is 5.32 Å². The normalized spacial score (nSPS) is 11.5. The molecule has 6 heteroatoms. The third-order valence-electron chi connectivity index (χ3n) is 2.77. The molecule has 112 valence electrons. The summed E-state index contributed by atoms with van der Waals surface area (Å²) in [5.41, 5.74) is 2.14. The Balaban J connectivity index is 2.63. The molecule has 0 heterocycles. The van der Waals surface area contributed by atoms with E-state index >= 15 is 0 Å². The fraction of sp³-hybridized carbons (Fsp3) is 0.333. The highest BCUT2D eigenvalue weighted by Crippen LogP contribution is 2.28. The van der Waals surface area contributed by atoms with Gasteiger partial charge in [-0.3, -0.25) is 4.79 Å². The second-order valence-corrected chi connectivity index (χ2v) is 6.39. The van der Waals surface area contributed by atoms with Crippen LogP contribution in [-0.2, 0) is 9.59 Å². The molecule has 0 aromatic heterocycles. The van der Waals surface area contributed by atoms with Crippen molar-refractivity contribution in [2.45, 2.75) is 31.2 Å². The zero-order chi connectivity index (χ0) is 16.0. The van der Waals surface area contributed by atoms with E-state index in [0.717, 1.165) is 20.5 Å². The number of thioether (sulfide) groups is 1. The zero-order valence-corrected chi connectivity index (χ0v) is 14.2. The number of nitrogens with one attached hydrogen (secondary N) is 1. The number of aliphatic carboxylic acids is 1. The Morgan fingerprint density at radius 3 is 2.67 bits per heavy atom. The Bertz CT molecular complexity index is 595. The van der Waals surface area contributed by atoms with Crippen LogP contribution in [0.25, 0.3) is 0 Å². The molecule has 1 aromatic carbocycles. The Morgan fingerprint density at radius 2 is 2.10 bits per heavy atom. The van der Waals surface area contributed by atoms with Gasteiger partial charge in [0.25, 0.3) is 0 Å². The molecule has 0 aliphatic carbocycles. The van der Waals surface area contributed by atoms with Crippen molar-refractivity contribution in [3.63, 3.8) is 0 Å². The molecule has 0 aliphatic heterocycles. The predicted molar refractivity (Wildman–Crippen MR) is 87.4 cm³/mol. The Labute approximate surface area is 136 Å². The van der Waals surface area contributed by atoms with Crippen molar-refractivity contribution in [1.29, 1.82) is 0 Å². The second-order valence-electron chi connectivity index (χ2n) is 4.52. The first kappa shape index (κ1) is 17.6. The van der Waals surface area contributed by atoms with Crippen LogP contribution in [0.3, 0.4) is 0 Å². The lowest BCUT2D eigenvalue weighted by Gasteiger charge is -2.12. The van der Waals surface area contributed by atoms with Gasteiger partial charge in [0, 0.05) is 15.8 Å². The van der Waals surface area contributed by atoms with E-state index in [1.807, 2.05) is 26.0 Å². The Hall–Kier alpha value is -1.45. The van der Waals surface area contributed by atoms with Crippen molar-refractivity contribution < 1.29 is 14.7 Å². The molecule has 4 nitrogen and oxygen atoms in total. The summed E-state index contributed by atoms with van der Waals surface area (Å²) in [5, 5.41) is 11.3. The van der Waals surface area contributed by atoms with Crippen molar-refractivity contribution in [3.8, 4) is 12.3 Å². The minimum atomic E-state index is -1.12. The zero-order valence-electron chi connectivity index (χ0n) is 11.8. The number of carboxylic acids is 1. The number of rotatable bonds is 6. The van der Waals surface area contributed by atoms with Crippen LogP contribution in [-0.4, -0.2) is 28.8 Å². The van der Waals surface area contributed by atoms with Gasteiger partial charge in [0.1, 0.15) is 6.04 Å². The third kappa shape index (κ3) is 5.44. The van der Waals surface area contributed by atoms with Crippen molar-refractivity contribution in [2.75, 3.05) is 5.75 Å². The first-order chi connectivity index (χ1) is 9.85. The minimum Gasteiger partial charge on any atom is -0.480 e. The summed E-state index contributed by atoms with van der Waals surface area (Å²) in [6, 6.07) is 2.96. The molecule has 0 saturated heterocycles. The van der Waals surface area contributed by atoms with E-state index in [-0.39, 0.29) is 18.1 Å². The average molecular weight is 370 g/mol. The maximum Gasteiger partial charge on any atom is 0.327 e.